The van der Waals surface area contributed by atoms with Crippen LogP contribution in [0.15, 0.2) is 35.7 Å². The van der Waals surface area contributed by atoms with Crippen LogP contribution in [0.25, 0.3) is 0 Å². The van der Waals surface area contributed by atoms with E-state index in [4.69, 9.17) is 11.6 Å². The molecule has 1 N–H and O–H groups in total. The molecule has 0 amide bonds. The molecule has 0 spiro atoms. The van der Waals surface area contributed by atoms with E-state index in [1.807, 2.05) is 23.5 Å². The summed E-state index contributed by atoms with van der Waals surface area (Å²) in [7, 11) is 0. The number of likely N-dealkylation sites (N-methyl/N-ethyl adjacent to an activating group) is 1. The molecule has 0 fully saturated rings. The zero-order valence-corrected chi connectivity index (χ0v) is 13.0. The van der Waals surface area contributed by atoms with Gasteiger partial charge in [0.05, 0.1) is 0 Å². The van der Waals surface area contributed by atoms with Crippen LogP contribution in [0.5, 0.6) is 0 Å². The molecule has 0 saturated carbocycles. The van der Waals surface area contributed by atoms with Gasteiger partial charge in [0.2, 0.25) is 0 Å². The monoisotopic (exact) mass is 293 g/mol. The molecule has 2 rings (SSSR count). The van der Waals surface area contributed by atoms with Crippen molar-refractivity contribution < 1.29 is 0 Å². The molecule has 19 heavy (non-hydrogen) atoms. The van der Waals surface area contributed by atoms with Crippen LogP contribution in [-0.4, -0.2) is 6.54 Å². The SMILES string of the molecule is CCNC(Cc1ccccc1Cl)c1sccc1CC. The lowest BCUT2D eigenvalue weighted by molar-refractivity contribution is 0.555. The van der Waals surface area contributed by atoms with Crippen molar-refractivity contribution in [3.63, 3.8) is 0 Å². The fourth-order valence-electron chi connectivity index (χ4n) is 2.33. The van der Waals surface area contributed by atoms with Crippen LogP contribution < -0.4 is 5.32 Å². The Bertz CT molecular complexity index is 521. The van der Waals surface area contributed by atoms with Crippen molar-refractivity contribution in [2.45, 2.75) is 32.7 Å². The zero-order valence-electron chi connectivity index (χ0n) is 11.4. The van der Waals surface area contributed by atoms with Gasteiger partial charge in [0.25, 0.3) is 0 Å². The molecular formula is C16H20ClNS. The van der Waals surface area contributed by atoms with Crippen LogP contribution in [0, 0.1) is 0 Å². The lowest BCUT2D eigenvalue weighted by Gasteiger charge is -2.19. The highest BCUT2D eigenvalue weighted by Gasteiger charge is 2.16. The molecule has 1 nitrogen and oxygen atoms in total. The molecule has 0 aliphatic rings. The first-order valence-corrected chi connectivity index (χ1v) is 8.05. The normalized spacial score (nSPS) is 12.6. The Balaban J connectivity index is 2.24. The van der Waals surface area contributed by atoms with Crippen LogP contribution in [0.2, 0.25) is 5.02 Å². The standard InChI is InChI=1S/C16H20ClNS/c1-3-12-9-10-19-16(12)15(18-4-2)11-13-7-5-6-8-14(13)17/h5-10,15,18H,3-4,11H2,1-2H3. The van der Waals surface area contributed by atoms with Gasteiger partial charge >= 0.3 is 0 Å². The summed E-state index contributed by atoms with van der Waals surface area (Å²) in [6, 6.07) is 10.7. The maximum atomic E-state index is 6.28. The van der Waals surface area contributed by atoms with Gasteiger partial charge in [-0.1, -0.05) is 43.6 Å². The molecule has 1 atom stereocenters. The fraction of sp³-hybridized carbons (Fsp3) is 0.375. The van der Waals surface area contributed by atoms with Gasteiger partial charge < -0.3 is 5.32 Å². The number of thiophene rings is 1. The molecular weight excluding hydrogens is 274 g/mol. The number of hydrogen-bond acceptors (Lipinski definition) is 2. The fourth-order valence-corrected chi connectivity index (χ4v) is 3.62. The molecule has 1 heterocycles. The summed E-state index contributed by atoms with van der Waals surface area (Å²) in [6.07, 6.45) is 2.03. The molecule has 0 aliphatic heterocycles. The molecule has 0 radical (unpaired) electrons. The largest absolute Gasteiger partial charge is 0.309 e. The third-order valence-electron chi connectivity index (χ3n) is 3.31. The first-order valence-electron chi connectivity index (χ1n) is 6.79. The van der Waals surface area contributed by atoms with E-state index in [-0.39, 0.29) is 0 Å². The second kappa shape index (κ2) is 7.09. The van der Waals surface area contributed by atoms with Crippen molar-refractivity contribution in [2.24, 2.45) is 0 Å². The van der Waals surface area contributed by atoms with Crippen LogP contribution in [0.4, 0.5) is 0 Å². The lowest BCUT2D eigenvalue weighted by atomic mass is 10.0. The van der Waals surface area contributed by atoms with Gasteiger partial charge in [-0.15, -0.1) is 11.3 Å². The van der Waals surface area contributed by atoms with E-state index in [0.29, 0.717) is 6.04 Å². The predicted octanol–water partition coefficient (Wildman–Crippen LogP) is 4.86. The summed E-state index contributed by atoms with van der Waals surface area (Å²) < 4.78 is 0. The van der Waals surface area contributed by atoms with Crippen LogP contribution >= 0.6 is 22.9 Å². The highest BCUT2D eigenvalue weighted by atomic mass is 35.5. The Labute approximate surface area is 124 Å². The molecule has 0 bridgehead atoms. The summed E-state index contributed by atoms with van der Waals surface area (Å²) in [4.78, 5) is 1.45. The van der Waals surface area contributed by atoms with E-state index in [1.54, 1.807) is 0 Å². The first-order chi connectivity index (χ1) is 9.26. The van der Waals surface area contributed by atoms with E-state index in [9.17, 15) is 0 Å². The van der Waals surface area contributed by atoms with Crippen molar-refractivity contribution in [3.05, 3.63) is 56.7 Å². The second-order valence-electron chi connectivity index (χ2n) is 4.57. The van der Waals surface area contributed by atoms with Crippen molar-refractivity contribution >= 4 is 22.9 Å². The molecule has 0 aliphatic carbocycles. The average molecular weight is 294 g/mol. The minimum Gasteiger partial charge on any atom is -0.309 e. The molecule has 2 aromatic rings. The van der Waals surface area contributed by atoms with Crippen molar-refractivity contribution in [1.29, 1.82) is 0 Å². The third kappa shape index (κ3) is 3.59. The highest BCUT2D eigenvalue weighted by Crippen LogP contribution is 2.29. The van der Waals surface area contributed by atoms with Gasteiger partial charge in [-0.25, -0.2) is 0 Å². The number of hydrogen-bond donors (Lipinski definition) is 1. The summed E-state index contributed by atoms with van der Waals surface area (Å²) in [5.74, 6) is 0. The zero-order chi connectivity index (χ0) is 13.7. The van der Waals surface area contributed by atoms with Crippen molar-refractivity contribution in [1.82, 2.24) is 5.32 Å². The predicted molar refractivity (Wildman–Crippen MR) is 85.3 cm³/mol. The quantitative estimate of drug-likeness (QED) is 0.802. The minimum atomic E-state index is 0.361. The van der Waals surface area contributed by atoms with Gasteiger partial charge in [0.1, 0.15) is 0 Å². The number of rotatable bonds is 6. The van der Waals surface area contributed by atoms with Crippen LogP contribution in [-0.2, 0) is 12.8 Å². The van der Waals surface area contributed by atoms with Crippen LogP contribution in [0.1, 0.15) is 35.9 Å². The van der Waals surface area contributed by atoms with E-state index in [0.717, 1.165) is 24.4 Å². The van der Waals surface area contributed by atoms with E-state index in [2.05, 4.69) is 42.7 Å². The Morgan fingerprint density at radius 1 is 1.16 bits per heavy atom. The Hall–Kier alpha value is -0.830. The topological polar surface area (TPSA) is 12.0 Å². The number of nitrogens with one attached hydrogen (secondary N) is 1. The van der Waals surface area contributed by atoms with Crippen molar-refractivity contribution in [2.75, 3.05) is 6.54 Å². The maximum Gasteiger partial charge on any atom is 0.0458 e. The van der Waals surface area contributed by atoms with Gasteiger partial charge in [-0.3, -0.25) is 0 Å². The maximum absolute atomic E-state index is 6.28. The van der Waals surface area contributed by atoms with Crippen LogP contribution in [0.3, 0.4) is 0 Å². The van der Waals surface area contributed by atoms with Gasteiger partial charge in [-0.05, 0) is 48.0 Å². The van der Waals surface area contributed by atoms with E-state index < -0.39 is 0 Å². The molecule has 1 aromatic carbocycles. The van der Waals surface area contributed by atoms with E-state index >= 15 is 0 Å². The highest BCUT2D eigenvalue weighted by molar-refractivity contribution is 7.10. The number of benzene rings is 1. The molecule has 102 valence electrons. The molecule has 3 heteroatoms. The minimum absolute atomic E-state index is 0.361. The van der Waals surface area contributed by atoms with Gasteiger partial charge in [0, 0.05) is 15.9 Å². The summed E-state index contributed by atoms with van der Waals surface area (Å²) in [5.41, 5.74) is 2.66. The average Bonchev–Trinajstić information content (AvgIpc) is 2.89. The van der Waals surface area contributed by atoms with Gasteiger partial charge in [0.15, 0.2) is 0 Å². The Morgan fingerprint density at radius 3 is 2.63 bits per heavy atom. The smallest absolute Gasteiger partial charge is 0.0458 e. The number of aryl methyl sites for hydroxylation is 1. The summed E-state index contributed by atoms with van der Waals surface area (Å²) >= 11 is 8.12. The Morgan fingerprint density at radius 2 is 1.95 bits per heavy atom. The second-order valence-corrected chi connectivity index (χ2v) is 5.92. The molecule has 1 aromatic heterocycles. The number of halogens is 1. The summed E-state index contributed by atoms with van der Waals surface area (Å²) in [6.45, 7) is 5.33. The first kappa shape index (κ1) is 14.6. The Kier molecular flexibility index (Phi) is 5.44. The lowest BCUT2D eigenvalue weighted by Crippen LogP contribution is -2.23. The molecule has 1 unspecified atom stereocenters. The third-order valence-corrected chi connectivity index (χ3v) is 4.75. The van der Waals surface area contributed by atoms with Gasteiger partial charge in [-0.2, -0.15) is 0 Å². The summed E-state index contributed by atoms with van der Waals surface area (Å²) in [5, 5.41) is 6.63. The van der Waals surface area contributed by atoms with Crippen molar-refractivity contribution in [3.8, 4) is 0 Å². The molecule has 0 saturated heterocycles. The van der Waals surface area contributed by atoms with E-state index in [1.165, 1.54) is 16.0 Å².